The number of hydrogen-bond donors (Lipinski definition) is 0. The van der Waals surface area contributed by atoms with E-state index < -0.39 is 0 Å². The molecule has 1 aliphatic carbocycles. The van der Waals surface area contributed by atoms with Crippen LogP contribution in [0, 0.1) is 24.2 Å². The second-order valence-electron chi connectivity index (χ2n) is 7.20. The summed E-state index contributed by atoms with van der Waals surface area (Å²) in [5.74, 6) is 1.44. The van der Waals surface area contributed by atoms with E-state index in [2.05, 4.69) is 52.0 Å². The van der Waals surface area contributed by atoms with Crippen molar-refractivity contribution in [3.8, 4) is 0 Å². The number of rotatable bonds is 3. The van der Waals surface area contributed by atoms with E-state index in [0.717, 1.165) is 12.3 Å². The lowest BCUT2D eigenvalue weighted by atomic mass is 9.66. The lowest BCUT2D eigenvalue weighted by Gasteiger charge is -2.42. The van der Waals surface area contributed by atoms with Gasteiger partial charge >= 0.3 is 0 Å². The van der Waals surface area contributed by atoms with Crippen molar-refractivity contribution in [1.29, 1.82) is 0 Å². The van der Waals surface area contributed by atoms with Crippen LogP contribution in [0.4, 0.5) is 0 Å². The van der Waals surface area contributed by atoms with Gasteiger partial charge in [0.2, 0.25) is 0 Å². The zero-order chi connectivity index (χ0) is 14.0. The van der Waals surface area contributed by atoms with Crippen LogP contribution in [0.25, 0.3) is 0 Å². The molecule has 3 unspecified atom stereocenters. The maximum atomic E-state index is 6.66. The Bertz CT molecular complexity index is 421. The Morgan fingerprint density at radius 2 is 2.00 bits per heavy atom. The van der Waals surface area contributed by atoms with Gasteiger partial charge in [-0.05, 0) is 49.0 Å². The van der Waals surface area contributed by atoms with Gasteiger partial charge in [-0.15, -0.1) is 11.6 Å². The highest BCUT2D eigenvalue weighted by atomic mass is 35.5. The molecule has 1 saturated carbocycles. The molecule has 1 aliphatic rings. The molecule has 0 radical (unpaired) electrons. The van der Waals surface area contributed by atoms with Crippen LogP contribution < -0.4 is 0 Å². The highest BCUT2D eigenvalue weighted by Crippen LogP contribution is 2.44. The molecule has 0 aliphatic heterocycles. The van der Waals surface area contributed by atoms with Crippen LogP contribution in [0.5, 0.6) is 0 Å². The first-order valence-electron chi connectivity index (χ1n) is 7.58. The smallest absolute Gasteiger partial charge is 0.0372 e. The molecule has 1 aromatic carbocycles. The van der Waals surface area contributed by atoms with Crippen LogP contribution in [-0.4, -0.2) is 5.38 Å². The second kappa shape index (κ2) is 5.87. The van der Waals surface area contributed by atoms with E-state index in [-0.39, 0.29) is 0 Å². The van der Waals surface area contributed by atoms with Crippen LogP contribution in [0.15, 0.2) is 24.3 Å². The van der Waals surface area contributed by atoms with Gasteiger partial charge in [0, 0.05) is 5.38 Å². The Labute approximate surface area is 123 Å². The first-order valence-corrected chi connectivity index (χ1v) is 8.02. The summed E-state index contributed by atoms with van der Waals surface area (Å²) >= 11 is 6.66. The Morgan fingerprint density at radius 3 is 2.63 bits per heavy atom. The van der Waals surface area contributed by atoms with Gasteiger partial charge in [0.1, 0.15) is 0 Å². The largest absolute Gasteiger partial charge is 0.123 e. The van der Waals surface area contributed by atoms with Crippen LogP contribution in [0.3, 0.4) is 0 Å². The molecule has 0 N–H and O–H groups in total. The third-order valence-electron chi connectivity index (χ3n) is 4.78. The molecule has 0 spiro atoms. The van der Waals surface area contributed by atoms with E-state index in [4.69, 9.17) is 11.6 Å². The van der Waals surface area contributed by atoms with Gasteiger partial charge in [0.15, 0.2) is 0 Å². The van der Waals surface area contributed by atoms with Crippen LogP contribution in [0.2, 0.25) is 0 Å². The first kappa shape index (κ1) is 14.9. The maximum absolute atomic E-state index is 6.66. The third kappa shape index (κ3) is 3.75. The van der Waals surface area contributed by atoms with E-state index in [9.17, 15) is 0 Å². The monoisotopic (exact) mass is 278 g/mol. The lowest BCUT2D eigenvalue weighted by Crippen LogP contribution is -2.37. The van der Waals surface area contributed by atoms with Crippen molar-refractivity contribution in [3.63, 3.8) is 0 Å². The van der Waals surface area contributed by atoms with Gasteiger partial charge in [-0.2, -0.15) is 0 Å². The van der Waals surface area contributed by atoms with Crippen LogP contribution >= 0.6 is 11.6 Å². The number of benzene rings is 1. The Kier molecular flexibility index (Phi) is 4.61. The molecule has 0 nitrogen and oxygen atoms in total. The van der Waals surface area contributed by atoms with Gasteiger partial charge in [0.25, 0.3) is 0 Å². The molecule has 3 atom stereocenters. The summed E-state index contributed by atoms with van der Waals surface area (Å²) in [5, 5.41) is 0.351. The molecule has 0 bridgehead atoms. The maximum Gasteiger partial charge on any atom is 0.0372 e. The van der Waals surface area contributed by atoms with E-state index in [1.807, 2.05) is 0 Å². The van der Waals surface area contributed by atoms with Crippen molar-refractivity contribution in [2.75, 3.05) is 0 Å². The highest BCUT2D eigenvalue weighted by Gasteiger charge is 2.37. The predicted molar refractivity (Wildman–Crippen MR) is 84.8 cm³/mol. The minimum absolute atomic E-state index is 0.292. The van der Waals surface area contributed by atoms with Gasteiger partial charge in [-0.3, -0.25) is 0 Å². The molecule has 2 rings (SSSR count). The van der Waals surface area contributed by atoms with Gasteiger partial charge in [-0.25, -0.2) is 0 Å². The van der Waals surface area contributed by atoms with E-state index in [1.165, 1.54) is 30.4 Å². The fraction of sp³-hybridized carbons (Fsp3) is 0.667. The van der Waals surface area contributed by atoms with Crippen molar-refractivity contribution in [1.82, 2.24) is 0 Å². The summed E-state index contributed by atoms with van der Waals surface area (Å²) in [6.07, 6.45) is 4.94. The Morgan fingerprint density at radius 1 is 1.26 bits per heavy atom. The number of aryl methyl sites for hydroxylation is 1. The molecular formula is C18H27Cl. The normalized spacial score (nSPS) is 28.4. The Hall–Kier alpha value is -0.490. The van der Waals surface area contributed by atoms with Crippen LogP contribution in [-0.2, 0) is 6.42 Å². The van der Waals surface area contributed by atoms with Crippen molar-refractivity contribution < 1.29 is 0 Å². The SMILES string of the molecule is Cc1cccc(CC(C)(C)C2CCC(C)CC2Cl)c1. The predicted octanol–water partition coefficient (Wildman–Crippen LogP) is 5.61. The van der Waals surface area contributed by atoms with Crippen LogP contribution in [0.1, 0.15) is 51.2 Å². The second-order valence-corrected chi connectivity index (χ2v) is 7.76. The van der Waals surface area contributed by atoms with Gasteiger partial charge < -0.3 is 0 Å². The number of halogens is 1. The summed E-state index contributed by atoms with van der Waals surface area (Å²) in [5.41, 5.74) is 3.10. The summed E-state index contributed by atoms with van der Waals surface area (Å²) < 4.78 is 0. The molecule has 106 valence electrons. The number of hydrogen-bond acceptors (Lipinski definition) is 0. The fourth-order valence-corrected chi connectivity index (χ4v) is 4.44. The minimum atomic E-state index is 0.292. The van der Waals surface area contributed by atoms with E-state index in [0.29, 0.717) is 16.7 Å². The molecule has 1 aromatic rings. The summed E-state index contributed by atoms with van der Waals surface area (Å²) in [4.78, 5) is 0. The lowest BCUT2D eigenvalue weighted by molar-refractivity contribution is 0.142. The molecule has 1 fully saturated rings. The third-order valence-corrected chi connectivity index (χ3v) is 5.26. The van der Waals surface area contributed by atoms with E-state index >= 15 is 0 Å². The number of alkyl halides is 1. The Balaban J connectivity index is 2.09. The van der Waals surface area contributed by atoms with Gasteiger partial charge in [-0.1, -0.05) is 57.0 Å². The fourth-order valence-electron chi connectivity index (χ4n) is 3.67. The molecule has 0 amide bonds. The average molecular weight is 279 g/mol. The van der Waals surface area contributed by atoms with Crippen molar-refractivity contribution in [3.05, 3.63) is 35.4 Å². The highest BCUT2D eigenvalue weighted by molar-refractivity contribution is 6.20. The molecule has 0 saturated heterocycles. The summed E-state index contributed by atoms with van der Waals surface area (Å²) in [7, 11) is 0. The first-order chi connectivity index (χ1) is 8.88. The quantitative estimate of drug-likeness (QED) is 0.631. The summed E-state index contributed by atoms with van der Waals surface area (Å²) in [6, 6.07) is 8.91. The van der Waals surface area contributed by atoms with Crippen molar-refractivity contribution in [2.45, 2.75) is 58.8 Å². The van der Waals surface area contributed by atoms with Crippen molar-refractivity contribution in [2.24, 2.45) is 17.3 Å². The standard InChI is InChI=1S/C18H27Cl/c1-13-6-5-7-15(10-13)12-18(3,4)16-9-8-14(2)11-17(16)19/h5-7,10,14,16-17H,8-9,11-12H2,1-4H3. The molecule has 19 heavy (non-hydrogen) atoms. The zero-order valence-corrected chi connectivity index (χ0v) is 13.5. The topological polar surface area (TPSA) is 0 Å². The minimum Gasteiger partial charge on any atom is -0.123 e. The summed E-state index contributed by atoms with van der Waals surface area (Å²) in [6.45, 7) is 9.29. The molecular weight excluding hydrogens is 252 g/mol. The van der Waals surface area contributed by atoms with E-state index in [1.54, 1.807) is 0 Å². The van der Waals surface area contributed by atoms with Gasteiger partial charge in [0.05, 0.1) is 0 Å². The molecule has 0 aromatic heterocycles. The molecule has 1 heteroatoms. The molecule has 0 heterocycles. The zero-order valence-electron chi connectivity index (χ0n) is 12.7. The average Bonchev–Trinajstić information content (AvgIpc) is 2.27. The van der Waals surface area contributed by atoms with Crippen molar-refractivity contribution >= 4 is 11.6 Å².